The topological polar surface area (TPSA) is 6.48 Å². The molecule has 0 aliphatic carbocycles. The molecule has 1 atom stereocenters. The van der Waals surface area contributed by atoms with Crippen LogP contribution in [0.4, 0.5) is 0 Å². The second-order valence-corrected chi connectivity index (χ2v) is 8.28. The highest BCUT2D eigenvalue weighted by Gasteiger charge is 2.25. The van der Waals surface area contributed by atoms with Crippen molar-refractivity contribution < 1.29 is 0 Å². The molecule has 0 saturated heterocycles. The average molecular weight is 285 g/mol. The van der Waals surface area contributed by atoms with Crippen LogP contribution in [0.25, 0.3) is 0 Å². The Bertz CT molecular complexity index is 244. The van der Waals surface area contributed by atoms with Gasteiger partial charge in [0.2, 0.25) is 0 Å². The number of rotatable bonds is 10. The van der Waals surface area contributed by atoms with Crippen LogP contribution >= 0.6 is 0 Å². The van der Waals surface area contributed by atoms with Crippen LogP contribution in [0.1, 0.15) is 67.7 Å². The van der Waals surface area contributed by atoms with Crippen LogP contribution in [-0.2, 0) is 0 Å². The van der Waals surface area contributed by atoms with Gasteiger partial charge < -0.3 is 4.90 Å². The third kappa shape index (κ3) is 8.97. The van der Waals surface area contributed by atoms with Crippen molar-refractivity contribution >= 4 is 0 Å². The summed E-state index contributed by atoms with van der Waals surface area (Å²) in [5, 5.41) is 0. The van der Waals surface area contributed by atoms with Crippen molar-refractivity contribution in [1.82, 2.24) is 9.80 Å². The number of nitrogens with zero attached hydrogens (tertiary/aromatic N) is 2. The molecule has 0 aliphatic heterocycles. The fourth-order valence-corrected chi connectivity index (χ4v) is 2.94. The molecule has 2 nitrogen and oxygen atoms in total. The lowest BCUT2D eigenvalue weighted by atomic mass is 9.82. The lowest BCUT2D eigenvalue weighted by molar-refractivity contribution is 0.108. The molecule has 20 heavy (non-hydrogen) atoms. The molecule has 2 heteroatoms. The zero-order valence-electron chi connectivity index (χ0n) is 15.7. The van der Waals surface area contributed by atoms with Gasteiger partial charge in [0.1, 0.15) is 0 Å². The molecule has 0 aromatic heterocycles. The monoisotopic (exact) mass is 284 g/mol. The van der Waals surface area contributed by atoms with E-state index in [4.69, 9.17) is 0 Å². The van der Waals surface area contributed by atoms with Crippen molar-refractivity contribution in [2.24, 2.45) is 11.3 Å². The van der Waals surface area contributed by atoms with Gasteiger partial charge in [-0.1, -0.05) is 27.7 Å². The SMILES string of the molecule is CC(C)CCN(C(C)C)C(C)CC(C)(C)CCN(C)C. The van der Waals surface area contributed by atoms with Gasteiger partial charge in [-0.3, -0.25) is 4.90 Å². The molecular formula is C18H40N2. The van der Waals surface area contributed by atoms with Gasteiger partial charge in [0.25, 0.3) is 0 Å². The maximum Gasteiger partial charge on any atom is 0.00747 e. The summed E-state index contributed by atoms with van der Waals surface area (Å²) in [6.07, 6.45) is 3.87. The minimum absolute atomic E-state index is 0.425. The molecule has 0 heterocycles. The second kappa shape index (κ2) is 9.04. The van der Waals surface area contributed by atoms with Crippen molar-refractivity contribution in [3.05, 3.63) is 0 Å². The van der Waals surface area contributed by atoms with Crippen LogP contribution in [0.2, 0.25) is 0 Å². The van der Waals surface area contributed by atoms with Crippen molar-refractivity contribution in [3.63, 3.8) is 0 Å². The highest BCUT2D eigenvalue weighted by Crippen LogP contribution is 2.29. The Hall–Kier alpha value is -0.0800. The highest BCUT2D eigenvalue weighted by molar-refractivity contribution is 4.80. The maximum atomic E-state index is 2.69. The Balaban J connectivity index is 4.46. The Labute approximate surface area is 128 Å². The van der Waals surface area contributed by atoms with Crippen molar-refractivity contribution in [2.45, 2.75) is 79.8 Å². The maximum absolute atomic E-state index is 2.69. The molecule has 0 bridgehead atoms. The van der Waals surface area contributed by atoms with E-state index in [1.807, 2.05) is 0 Å². The van der Waals surface area contributed by atoms with E-state index in [1.54, 1.807) is 0 Å². The zero-order valence-corrected chi connectivity index (χ0v) is 15.7. The molecular weight excluding hydrogens is 244 g/mol. The van der Waals surface area contributed by atoms with E-state index in [0.29, 0.717) is 17.5 Å². The Morgan fingerprint density at radius 3 is 1.85 bits per heavy atom. The Morgan fingerprint density at radius 1 is 0.900 bits per heavy atom. The highest BCUT2D eigenvalue weighted by atomic mass is 15.2. The Morgan fingerprint density at radius 2 is 1.45 bits per heavy atom. The molecule has 0 spiro atoms. The number of hydrogen-bond donors (Lipinski definition) is 0. The molecule has 0 amide bonds. The molecule has 0 fully saturated rings. The molecule has 122 valence electrons. The summed E-state index contributed by atoms with van der Waals surface area (Å²) >= 11 is 0. The van der Waals surface area contributed by atoms with Gasteiger partial charge in [0.15, 0.2) is 0 Å². The predicted octanol–water partition coefficient (Wildman–Crippen LogP) is 4.50. The quantitative estimate of drug-likeness (QED) is 0.583. The van der Waals surface area contributed by atoms with Crippen LogP contribution < -0.4 is 0 Å². The van der Waals surface area contributed by atoms with Crippen LogP contribution in [0.15, 0.2) is 0 Å². The molecule has 0 radical (unpaired) electrons. The third-order valence-electron chi connectivity index (χ3n) is 4.28. The van der Waals surface area contributed by atoms with Gasteiger partial charge in [-0.2, -0.15) is 0 Å². The summed E-state index contributed by atoms with van der Waals surface area (Å²) in [4.78, 5) is 4.99. The summed E-state index contributed by atoms with van der Waals surface area (Å²) in [5.74, 6) is 0.796. The fourth-order valence-electron chi connectivity index (χ4n) is 2.94. The first-order valence-corrected chi connectivity index (χ1v) is 8.45. The fraction of sp³-hybridized carbons (Fsp3) is 1.00. The van der Waals surface area contributed by atoms with Gasteiger partial charge in [0.05, 0.1) is 0 Å². The first kappa shape index (κ1) is 19.9. The van der Waals surface area contributed by atoms with E-state index < -0.39 is 0 Å². The molecule has 0 rings (SSSR count). The van der Waals surface area contributed by atoms with Crippen molar-refractivity contribution in [1.29, 1.82) is 0 Å². The van der Waals surface area contributed by atoms with Crippen LogP contribution in [0.5, 0.6) is 0 Å². The molecule has 0 aromatic carbocycles. The van der Waals surface area contributed by atoms with E-state index in [-0.39, 0.29) is 0 Å². The molecule has 0 aromatic rings. The third-order valence-corrected chi connectivity index (χ3v) is 4.28. The van der Waals surface area contributed by atoms with Gasteiger partial charge in [-0.15, -0.1) is 0 Å². The molecule has 0 saturated carbocycles. The first-order chi connectivity index (χ1) is 9.05. The second-order valence-electron chi connectivity index (χ2n) is 8.28. The van der Waals surface area contributed by atoms with Crippen molar-refractivity contribution in [3.8, 4) is 0 Å². The van der Waals surface area contributed by atoms with E-state index in [2.05, 4.69) is 72.4 Å². The average Bonchev–Trinajstić information content (AvgIpc) is 2.25. The van der Waals surface area contributed by atoms with Gasteiger partial charge in [-0.05, 0) is 78.6 Å². The lowest BCUT2D eigenvalue weighted by Gasteiger charge is -2.38. The van der Waals surface area contributed by atoms with Gasteiger partial charge >= 0.3 is 0 Å². The van der Waals surface area contributed by atoms with E-state index in [0.717, 1.165) is 5.92 Å². The zero-order chi connectivity index (χ0) is 15.9. The van der Waals surface area contributed by atoms with E-state index in [9.17, 15) is 0 Å². The minimum Gasteiger partial charge on any atom is -0.309 e. The smallest absolute Gasteiger partial charge is 0.00747 e. The van der Waals surface area contributed by atoms with Crippen LogP contribution in [0.3, 0.4) is 0 Å². The largest absolute Gasteiger partial charge is 0.309 e. The van der Waals surface area contributed by atoms with Crippen LogP contribution in [-0.4, -0.2) is 49.1 Å². The minimum atomic E-state index is 0.425. The summed E-state index contributed by atoms with van der Waals surface area (Å²) in [7, 11) is 4.34. The summed E-state index contributed by atoms with van der Waals surface area (Å²) < 4.78 is 0. The normalized spacial score (nSPS) is 14.8. The van der Waals surface area contributed by atoms with Gasteiger partial charge in [-0.25, -0.2) is 0 Å². The first-order valence-electron chi connectivity index (χ1n) is 8.45. The van der Waals surface area contributed by atoms with Crippen LogP contribution in [0, 0.1) is 11.3 Å². The summed E-state index contributed by atoms with van der Waals surface area (Å²) in [5.41, 5.74) is 0.425. The predicted molar refractivity (Wildman–Crippen MR) is 92.3 cm³/mol. The Kier molecular flexibility index (Phi) is 9.01. The molecule has 0 N–H and O–H groups in total. The van der Waals surface area contributed by atoms with Crippen molar-refractivity contribution in [2.75, 3.05) is 27.2 Å². The summed E-state index contributed by atoms with van der Waals surface area (Å²) in [6.45, 7) is 19.0. The molecule has 0 aliphatic rings. The van der Waals surface area contributed by atoms with E-state index >= 15 is 0 Å². The summed E-state index contributed by atoms with van der Waals surface area (Å²) in [6, 6.07) is 1.32. The lowest BCUT2D eigenvalue weighted by Crippen LogP contribution is -2.42. The van der Waals surface area contributed by atoms with Gasteiger partial charge in [0, 0.05) is 12.1 Å². The van der Waals surface area contributed by atoms with E-state index in [1.165, 1.54) is 32.4 Å². The number of hydrogen-bond acceptors (Lipinski definition) is 2. The standard InChI is InChI=1S/C18H40N2/c1-15(2)10-12-20(16(3)4)17(5)14-18(6,7)11-13-19(8)9/h15-17H,10-14H2,1-9H3. The molecule has 1 unspecified atom stereocenters.